The van der Waals surface area contributed by atoms with E-state index in [9.17, 15) is 13.2 Å². The molecule has 0 fully saturated rings. The average Bonchev–Trinajstić information content (AvgIpc) is 2.50. The average molecular weight is 347 g/mol. The van der Waals surface area contributed by atoms with E-state index in [-0.39, 0.29) is 12.3 Å². The Hall–Kier alpha value is -1.96. The predicted octanol–water partition coefficient (Wildman–Crippen LogP) is 3.07. The van der Waals surface area contributed by atoms with Crippen molar-refractivity contribution in [2.45, 2.75) is 39.3 Å². The van der Waals surface area contributed by atoms with Gasteiger partial charge in [-0.25, -0.2) is 4.99 Å². The Morgan fingerprint density at radius 3 is 2.42 bits per heavy atom. The number of rotatable bonds is 7. The highest BCUT2D eigenvalue weighted by Gasteiger charge is 2.31. The highest BCUT2D eigenvalue weighted by atomic mass is 19.4. The fraction of sp³-hybridized carbons (Fsp3) is 0.562. The summed E-state index contributed by atoms with van der Waals surface area (Å²) in [6.07, 6.45) is -4.73. The van der Waals surface area contributed by atoms with Crippen molar-refractivity contribution in [2.24, 2.45) is 4.99 Å². The van der Waals surface area contributed by atoms with Crippen molar-refractivity contribution in [2.75, 3.05) is 20.2 Å². The molecule has 0 spiro atoms. The number of benzene rings is 1. The number of nitrogens with one attached hydrogen (secondary N) is 2. The van der Waals surface area contributed by atoms with Crippen LogP contribution in [0.25, 0.3) is 0 Å². The molecule has 5 nitrogen and oxygen atoms in total. The number of hydrogen-bond acceptors (Lipinski definition) is 3. The van der Waals surface area contributed by atoms with Gasteiger partial charge in [-0.15, -0.1) is 13.2 Å². The zero-order chi connectivity index (χ0) is 18.2. The maximum absolute atomic E-state index is 12.4. The van der Waals surface area contributed by atoms with Crippen LogP contribution in [0.1, 0.15) is 26.3 Å². The fourth-order valence-electron chi connectivity index (χ4n) is 1.73. The molecular weight excluding hydrogens is 323 g/mol. The molecule has 8 heteroatoms. The van der Waals surface area contributed by atoms with Crippen molar-refractivity contribution in [3.05, 3.63) is 29.8 Å². The SMILES string of the molecule is CCNC(=NCc1ccccc1OC(F)(F)F)NCC(C)(C)OC. The molecule has 0 amide bonds. The Morgan fingerprint density at radius 1 is 1.17 bits per heavy atom. The smallest absolute Gasteiger partial charge is 0.405 e. The van der Waals surface area contributed by atoms with Gasteiger partial charge in [-0.2, -0.15) is 0 Å². The van der Waals surface area contributed by atoms with Gasteiger partial charge in [0.05, 0.1) is 12.1 Å². The van der Waals surface area contributed by atoms with Crippen molar-refractivity contribution in [3.8, 4) is 5.75 Å². The number of aliphatic imine (C=N–C) groups is 1. The maximum Gasteiger partial charge on any atom is 0.573 e. The first-order valence-electron chi connectivity index (χ1n) is 7.58. The maximum atomic E-state index is 12.4. The molecule has 0 atom stereocenters. The Morgan fingerprint density at radius 2 is 1.83 bits per heavy atom. The third-order valence-corrected chi connectivity index (χ3v) is 3.18. The molecule has 0 saturated heterocycles. The Balaban J connectivity index is 2.83. The van der Waals surface area contributed by atoms with Crippen LogP contribution < -0.4 is 15.4 Å². The summed E-state index contributed by atoms with van der Waals surface area (Å²) in [6, 6.07) is 5.95. The van der Waals surface area contributed by atoms with E-state index in [1.807, 2.05) is 20.8 Å². The molecular formula is C16H24F3N3O2. The number of halogens is 3. The van der Waals surface area contributed by atoms with Crippen LogP contribution >= 0.6 is 0 Å². The highest BCUT2D eigenvalue weighted by molar-refractivity contribution is 5.79. The lowest BCUT2D eigenvalue weighted by Crippen LogP contribution is -2.45. The van der Waals surface area contributed by atoms with E-state index in [2.05, 4.69) is 20.4 Å². The van der Waals surface area contributed by atoms with Crippen molar-refractivity contribution in [1.82, 2.24) is 10.6 Å². The molecule has 0 saturated carbocycles. The standard InChI is InChI=1S/C16H24F3N3O2/c1-5-20-14(22-11-15(2,3)23-4)21-10-12-8-6-7-9-13(12)24-16(17,18)19/h6-9H,5,10-11H2,1-4H3,(H2,20,21,22). The minimum Gasteiger partial charge on any atom is -0.405 e. The van der Waals surface area contributed by atoms with Crippen LogP contribution in [0.5, 0.6) is 5.75 Å². The molecule has 1 aromatic carbocycles. The first-order chi connectivity index (χ1) is 11.2. The van der Waals surface area contributed by atoms with Crippen LogP contribution in [-0.4, -0.2) is 38.1 Å². The summed E-state index contributed by atoms with van der Waals surface area (Å²) in [6.45, 7) is 6.90. The monoisotopic (exact) mass is 347 g/mol. The number of methoxy groups -OCH3 is 1. The Bertz CT molecular complexity index is 546. The second-order valence-corrected chi connectivity index (χ2v) is 5.67. The molecule has 0 aliphatic rings. The van der Waals surface area contributed by atoms with Gasteiger partial charge >= 0.3 is 6.36 Å². The fourth-order valence-corrected chi connectivity index (χ4v) is 1.73. The summed E-state index contributed by atoms with van der Waals surface area (Å²) in [7, 11) is 1.61. The van der Waals surface area contributed by atoms with Gasteiger partial charge in [0.2, 0.25) is 0 Å². The van der Waals surface area contributed by atoms with Gasteiger partial charge in [0.15, 0.2) is 5.96 Å². The van der Waals surface area contributed by atoms with Crippen LogP contribution in [0.2, 0.25) is 0 Å². The zero-order valence-electron chi connectivity index (χ0n) is 14.3. The normalized spacial score (nSPS) is 12.9. The molecule has 0 aliphatic carbocycles. The van der Waals surface area contributed by atoms with Crippen molar-refractivity contribution in [1.29, 1.82) is 0 Å². The van der Waals surface area contributed by atoms with Crippen LogP contribution in [0, 0.1) is 0 Å². The van der Waals surface area contributed by atoms with Gasteiger partial charge in [-0.05, 0) is 26.8 Å². The second kappa shape index (κ2) is 8.77. The lowest BCUT2D eigenvalue weighted by Gasteiger charge is -2.24. The Kier molecular flexibility index (Phi) is 7.34. The van der Waals surface area contributed by atoms with Crippen LogP contribution in [0.4, 0.5) is 13.2 Å². The number of guanidine groups is 1. The molecule has 2 N–H and O–H groups in total. The molecule has 0 unspecified atom stereocenters. The quantitative estimate of drug-likeness (QED) is 0.588. The summed E-state index contributed by atoms with van der Waals surface area (Å²) >= 11 is 0. The van der Waals surface area contributed by atoms with Crippen LogP contribution in [-0.2, 0) is 11.3 Å². The second-order valence-electron chi connectivity index (χ2n) is 5.67. The number of alkyl halides is 3. The third-order valence-electron chi connectivity index (χ3n) is 3.18. The molecule has 136 valence electrons. The van der Waals surface area contributed by atoms with E-state index in [1.165, 1.54) is 12.1 Å². The summed E-state index contributed by atoms with van der Waals surface area (Å²) in [5, 5.41) is 6.14. The van der Waals surface area contributed by atoms with Gasteiger partial charge in [-0.3, -0.25) is 0 Å². The zero-order valence-corrected chi connectivity index (χ0v) is 14.3. The van der Waals surface area contributed by atoms with E-state index >= 15 is 0 Å². The van der Waals surface area contributed by atoms with Gasteiger partial charge in [-0.1, -0.05) is 18.2 Å². The van der Waals surface area contributed by atoms with Crippen LogP contribution in [0.15, 0.2) is 29.3 Å². The highest BCUT2D eigenvalue weighted by Crippen LogP contribution is 2.26. The summed E-state index contributed by atoms with van der Waals surface area (Å²) in [4.78, 5) is 4.30. The molecule has 24 heavy (non-hydrogen) atoms. The number of ether oxygens (including phenoxy) is 2. The van der Waals surface area contributed by atoms with Crippen molar-refractivity contribution in [3.63, 3.8) is 0 Å². The first-order valence-corrected chi connectivity index (χ1v) is 7.58. The molecule has 0 bridgehead atoms. The Labute approximate surface area is 140 Å². The number of hydrogen-bond donors (Lipinski definition) is 2. The molecule has 0 aromatic heterocycles. The summed E-state index contributed by atoms with van der Waals surface area (Å²) in [5.41, 5.74) is -0.0499. The topological polar surface area (TPSA) is 54.9 Å². The minimum absolute atomic E-state index is 0.0506. The summed E-state index contributed by atoms with van der Waals surface area (Å²) in [5.74, 6) is 0.242. The van der Waals surface area contributed by atoms with E-state index in [0.29, 0.717) is 24.6 Å². The lowest BCUT2D eigenvalue weighted by atomic mass is 10.1. The first kappa shape index (κ1) is 20.1. The van der Waals surface area contributed by atoms with E-state index < -0.39 is 12.0 Å². The van der Waals surface area contributed by atoms with Gasteiger partial charge in [0.1, 0.15) is 5.75 Å². The van der Waals surface area contributed by atoms with Gasteiger partial charge < -0.3 is 20.1 Å². The van der Waals surface area contributed by atoms with Crippen molar-refractivity contribution < 1.29 is 22.6 Å². The molecule has 0 heterocycles. The molecule has 1 aromatic rings. The lowest BCUT2D eigenvalue weighted by molar-refractivity contribution is -0.274. The van der Waals surface area contributed by atoms with E-state index in [1.54, 1.807) is 19.2 Å². The number of nitrogens with zero attached hydrogens (tertiary/aromatic N) is 1. The van der Waals surface area contributed by atoms with E-state index in [0.717, 1.165) is 0 Å². The third kappa shape index (κ3) is 7.54. The molecule has 0 aliphatic heterocycles. The largest absolute Gasteiger partial charge is 0.573 e. The van der Waals surface area contributed by atoms with Crippen LogP contribution in [0.3, 0.4) is 0 Å². The predicted molar refractivity (Wildman–Crippen MR) is 87.0 cm³/mol. The van der Waals surface area contributed by atoms with E-state index in [4.69, 9.17) is 4.74 Å². The van der Waals surface area contributed by atoms with Gasteiger partial charge in [0, 0.05) is 25.8 Å². The minimum atomic E-state index is -4.73. The van der Waals surface area contributed by atoms with Crippen molar-refractivity contribution >= 4 is 5.96 Å². The van der Waals surface area contributed by atoms with Gasteiger partial charge in [0.25, 0.3) is 0 Å². The number of para-hydroxylation sites is 1. The molecule has 0 radical (unpaired) electrons. The molecule has 1 rings (SSSR count). The summed E-state index contributed by atoms with van der Waals surface area (Å²) < 4.78 is 46.6.